The summed E-state index contributed by atoms with van der Waals surface area (Å²) in [6.45, 7) is 3.40. The molecule has 0 aliphatic carbocycles. The van der Waals surface area contributed by atoms with Crippen LogP contribution in [0.3, 0.4) is 0 Å². The first-order valence-corrected chi connectivity index (χ1v) is 5.89. The predicted octanol–water partition coefficient (Wildman–Crippen LogP) is 4.21. The molecule has 0 unspecified atom stereocenters. The number of hydrogen-bond acceptors (Lipinski definition) is 1. The zero-order valence-corrected chi connectivity index (χ0v) is 11.4. The third-order valence-corrected chi connectivity index (χ3v) is 2.58. The summed E-state index contributed by atoms with van der Waals surface area (Å²) in [5.74, 6) is 0. The Hall–Kier alpha value is -0.310. The number of rotatable bonds is 8. The smallest absolute Gasteiger partial charge is 0.0945 e. The van der Waals surface area contributed by atoms with Crippen molar-refractivity contribution < 1.29 is 0 Å². The number of unbranched alkanes of at least 4 members (excludes halogenated alkanes) is 6. The lowest BCUT2D eigenvalue weighted by molar-refractivity contribution is 0.550. The highest BCUT2D eigenvalue weighted by Gasteiger charge is 1.91. The van der Waals surface area contributed by atoms with Gasteiger partial charge in [0.25, 0.3) is 0 Å². The molecule has 0 spiro atoms. The van der Waals surface area contributed by atoms with E-state index in [0.717, 1.165) is 6.54 Å². The van der Waals surface area contributed by atoms with Gasteiger partial charge in [-0.05, 0) is 6.42 Å². The van der Waals surface area contributed by atoms with Crippen LogP contribution in [0.15, 0.2) is 18.7 Å². The minimum absolute atomic E-state index is 0. The van der Waals surface area contributed by atoms with E-state index in [4.69, 9.17) is 0 Å². The molecule has 88 valence electrons. The first-order valence-electron chi connectivity index (χ1n) is 5.89. The highest BCUT2D eigenvalue weighted by Crippen LogP contribution is 2.07. The van der Waals surface area contributed by atoms with Crippen molar-refractivity contribution in [1.82, 2.24) is 9.55 Å². The average Bonchev–Trinajstić information content (AvgIpc) is 2.69. The Kier molecular flexibility index (Phi) is 10.0. The Labute approximate surface area is 104 Å². The molecule has 0 amide bonds. The Morgan fingerprint density at radius 2 is 1.67 bits per heavy atom. The molecule has 0 aromatic carbocycles. The quantitative estimate of drug-likeness (QED) is 0.650. The molecule has 0 bridgehead atoms. The van der Waals surface area contributed by atoms with Crippen molar-refractivity contribution in [3.8, 4) is 0 Å². The van der Waals surface area contributed by atoms with E-state index < -0.39 is 0 Å². The summed E-state index contributed by atoms with van der Waals surface area (Å²) in [7, 11) is 0. The lowest BCUT2D eigenvalue weighted by Crippen LogP contribution is -1.93. The molecule has 0 atom stereocenters. The van der Waals surface area contributed by atoms with Gasteiger partial charge in [0.2, 0.25) is 0 Å². The molecule has 0 N–H and O–H groups in total. The molecule has 0 aliphatic heterocycles. The maximum Gasteiger partial charge on any atom is 0.0945 e. The summed E-state index contributed by atoms with van der Waals surface area (Å²) in [4.78, 5) is 4.02. The minimum Gasteiger partial charge on any atom is -0.337 e. The topological polar surface area (TPSA) is 17.8 Å². The second-order valence-electron chi connectivity index (χ2n) is 3.92. The van der Waals surface area contributed by atoms with Gasteiger partial charge >= 0.3 is 0 Å². The lowest BCUT2D eigenvalue weighted by atomic mass is 10.1. The van der Waals surface area contributed by atoms with Gasteiger partial charge in [0.05, 0.1) is 6.33 Å². The van der Waals surface area contributed by atoms with E-state index in [1.165, 1.54) is 44.9 Å². The first-order chi connectivity index (χ1) is 6.93. The van der Waals surface area contributed by atoms with Gasteiger partial charge in [-0.2, -0.15) is 0 Å². The van der Waals surface area contributed by atoms with Crippen LogP contribution in [-0.4, -0.2) is 9.55 Å². The summed E-state index contributed by atoms with van der Waals surface area (Å²) in [5, 5.41) is 0. The van der Waals surface area contributed by atoms with Gasteiger partial charge in [0, 0.05) is 18.9 Å². The van der Waals surface area contributed by atoms with Gasteiger partial charge < -0.3 is 4.57 Å². The summed E-state index contributed by atoms with van der Waals surface area (Å²) < 4.78 is 2.16. The summed E-state index contributed by atoms with van der Waals surface area (Å²) in [5.41, 5.74) is 0. The molecule has 0 fully saturated rings. The van der Waals surface area contributed by atoms with Crippen LogP contribution >= 0.6 is 17.0 Å². The highest BCUT2D eigenvalue weighted by atomic mass is 79.9. The first kappa shape index (κ1) is 14.7. The second kappa shape index (κ2) is 10.2. The molecule has 15 heavy (non-hydrogen) atoms. The maximum absolute atomic E-state index is 4.02. The van der Waals surface area contributed by atoms with E-state index in [1.807, 2.05) is 18.7 Å². The molecule has 2 nitrogen and oxygen atoms in total. The Morgan fingerprint density at radius 1 is 1.00 bits per heavy atom. The van der Waals surface area contributed by atoms with Crippen LogP contribution in [0.1, 0.15) is 51.9 Å². The normalized spacial score (nSPS) is 9.93. The number of nitrogens with zero attached hydrogens (tertiary/aromatic N) is 2. The molecule has 1 aromatic rings. The van der Waals surface area contributed by atoms with E-state index >= 15 is 0 Å². The SMILES string of the molecule is Br.CCCCCCCCCn1ccnc1. The van der Waals surface area contributed by atoms with Crippen LogP contribution in [-0.2, 0) is 6.54 Å². The fraction of sp³-hybridized carbons (Fsp3) is 0.750. The number of halogens is 1. The minimum atomic E-state index is 0. The van der Waals surface area contributed by atoms with Crippen molar-refractivity contribution in [2.24, 2.45) is 0 Å². The van der Waals surface area contributed by atoms with Crippen LogP contribution in [0, 0.1) is 0 Å². The lowest BCUT2D eigenvalue weighted by Gasteiger charge is -2.02. The van der Waals surface area contributed by atoms with Crippen LogP contribution in [0.4, 0.5) is 0 Å². The molecule has 0 saturated carbocycles. The Morgan fingerprint density at radius 3 is 2.27 bits per heavy atom. The maximum atomic E-state index is 4.02. The molecule has 0 saturated heterocycles. The number of hydrogen-bond donors (Lipinski definition) is 0. The molecule has 0 radical (unpaired) electrons. The van der Waals surface area contributed by atoms with Crippen molar-refractivity contribution in [2.45, 2.75) is 58.4 Å². The standard InChI is InChI=1S/C12H22N2.BrH/c1-2-3-4-5-6-7-8-10-14-11-9-13-12-14;/h9,11-12H,2-8,10H2,1H3;1H. The van der Waals surface area contributed by atoms with E-state index in [2.05, 4.69) is 16.5 Å². The summed E-state index contributed by atoms with van der Waals surface area (Å²) in [6.07, 6.45) is 15.4. The third-order valence-electron chi connectivity index (χ3n) is 2.58. The van der Waals surface area contributed by atoms with Crippen LogP contribution < -0.4 is 0 Å². The zero-order chi connectivity index (χ0) is 10.1. The molecule has 1 rings (SSSR count). The van der Waals surface area contributed by atoms with Gasteiger partial charge in [-0.25, -0.2) is 4.98 Å². The van der Waals surface area contributed by atoms with Gasteiger partial charge in [-0.15, -0.1) is 17.0 Å². The second-order valence-corrected chi connectivity index (χ2v) is 3.92. The van der Waals surface area contributed by atoms with E-state index in [1.54, 1.807) is 0 Å². The predicted molar refractivity (Wildman–Crippen MR) is 70.5 cm³/mol. The molecular weight excluding hydrogens is 252 g/mol. The zero-order valence-electron chi connectivity index (χ0n) is 9.69. The van der Waals surface area contributed by atoms with E-state index in [9.17, 15) is 0 Å². The molecule has 0 aliphatic rings. The van der Waals surface area contributed by atoms with Crippen molar-refractivity contribution in [2.75, 3.05) is 0 Å². The van der Waals surface area contributed by atoms with Crippen molar-refractivity contribution in [3.63, 3.8) is 0 Å². The van der Waals surface area contributed by atoms with Crippen molar-refractivity contribution in [1.29, 1.82) is 0 Å². The van der Waals surface area contributed by atoms with Crippen molar-refractivity contribution in [3.05, 3.63) is 18.7 Å². The van der Waals surface area contributed by atoms with E-state index in [0.29, 0.717) is 0 Å². The fourth-order valence-electron chi connectivity index (χ4n) is 1.67. The van der Waals surface area contributed by atoms with Gasteiger partial charge in [-0.3, -0.25) is 0 Å². The average molecular weight is 275 g/mol. The largest absolute Gasteiger partial charge is 0.337 e. The molecular formula is C12H23BrN2. The Bertz CT molecular complexity index is 209. The third kappa shape index (κ3) is 7.60. The van der Waals surface area contributed by atoms with Crippen LogP contribution in [0.5, 0.6) is 0 Å². The Balaban J connectivity index is 0.00000196. The molecule has 3 heteroatoms. The van der Waals surface area contributed by atoms with E-state index in [-0.39, 0.29) is 17.0 Å². The monoisotopic (exact) mass is 274 g/mol. The van der Waals surface area contributed by atoms with Crippen LogP contribution in [0.2, 0.25) is 0 Å². The highest BCUT2D eigenvalue weighted by molar-refractivity contribution is 8.93. The number of aromatic nitrogens is 2. The van der Waals surface area contributed by atoms with Crippen LogP contribution in [0.25, 0.3) is 0 Å². The number of aryl methyl sites for hydroxylation is 1. The summed E-state index contributed by atoms with van der Waals surface area (Å²) >= 11 is 0. The molecule has 1 heterocycles. The fourth-order valence-corrected chi connectivity index (χ4v) is 1.67. The van der Waals surface area contributed by atoms with Gasteiger partial charge in [-0.1, -0.05) is 45.4 Å². The molecule has 1 aromatic heterocycles. The van der Waals surface area contributed by atoms with Gasteiger partial charge in [0.15, 0.2) is 0 Å². The van der Waals surface area contributed by atoms with Crippen molar-refractivity contribution >= 4 is 17.0 Å². The number of imidazole rings is 1. The van der Waals surface area contributed by atoms with Gasteiger partial charge in [0.1, 0.15) is 0 Å². The summed E-state index contributed by atoms with van der Waals surface area (Å²) in [6, 6.07) is 0.